The molecule has 1 fully saturated rings. The largest absolute Gasteiger partial charge is 0.376 e. The van der Waals surface area contributed by atoms with Crippen molar-refractivity contribution in [1.82, 2.24) is 25.1 Å². The van der Waals surface area contributed by atoms with Crippen molar-refractivity contribution in [3.8, 4) is 17.1 Å². The third-order valence-electron chi connectivity index (χ3n) is 4.56. The number of nitrogens with one attached hydrogen (secondary N) is 2. The second-order valence-electron chi connectivity index (χ2n) is 6.44. The van der Waals surface area contributed by atoms with E-state index < -0.39 is 11.6 Å². The molecule has 1 aliphatic heterocycles. The van der Waals surface area contributed by atoms with Crippen molar-refractivity contribution in [3.63, 3.8) is 0 Å². The summed E-state index contributed by atoms with van der Waals surface area (Å²) in [7, 11) is 0. The van der Waals surface area contributed by atoms with Crippen LogP contribution in [0.15, 0.2) is 30.5 Å². The molecule has 28 heavy (non-hydrogen) atoms. The first-order valence-corrected chi connectivity index (χ1v) is 8.78. The number of amides is 1. The molecule has 146 valence electrons. The van der Waals surface area contributed by atoms with Gasteiger partial charge in [0.1, 0.15) is 5.69 Å². The summed E-state index contributed by atoms with van der Waals surface area (Å²) in [6, 6.07) is 5.27. The molecule has 0 bridgehead atoms. The smallest absolute Gasteiger partial charge is 0.267 e. The van der Waals surface area contributed by atoms with Crippen LogP contribution >= 0.6 is 0 Å². The molecule has 0 radical (unpaired) electrons. The third-order valence-corrected chi connectivity index (χ3v) is 4.56. The van der Waals surface area contributed by atoms with E-state index in [1.165, 1.54) is 22.9 Å². The average Bonchev–Trinajstić information content (AvgIpc) is 3.43. The van der Waals surface area contributed by atoms with E-state index in [0.717, 1.165) is 18.9 Å². The van der Waals surface area contributed by atoms with Gasteiger partial charge in [0, 0.05) is 24.9 Å². The van der Waals surface area contributed by atoms with E-state index in [1.807, 2.05) is 0 Å². The normalized spacial score (nSPS) is 16.4. The van der Waals surface area contributed by atoms with Gasteiger partial charge in [-0.3, -0.25) is 9.36 Å². The van der Waals surface area contributed by atoms with E-state index in [9.17, 15) is 13.6 Å². The number of rotatable bonds is 5. The first-order valence-electron chi connectivity index (χ1n) is 8.78. The molecule has 8 nitrogen and oxygen atoms in total. The zero-order valence-electron chi connectivity index (χ0n) is 14.8. The van der Waals surface area contributed by atoms with Gasteiger partial charge in [-0.1, -0.05) is 6.07 Å². The monoisotopic (exact) mass is 388 g/mol. The van der Waals surface area contributed by atoms with Gasteiger partial charge in [-0.05, 0) is 31.0 Å². The SMILES string of the molecule is Nc1nnc(-c2c[nH]c(C(=O)NC[C@@H]3CCCO3)c2)n1-c1cccc(F)c1F. The molecule has 1 atom stereocenters. The molecular weight excluding hydrogens is 370 g/mol. The summed E-state index contributed by atoms with van der Waals surface area (Å²) in [5, 5.41) is 10.5. The van der Waals surface area contributed by atoms with E-state index >= 15 is 0 Å². The highest BCUT2D eigenvalue weighted by Crippen LogP contribution is 2.27. The number of hydrogen-bond donors (Lipinski definition) is 3. The van der Waals surface area contributed by atoms with Crippen LogP contribution in [-0.2, 0) is 4.74 Å². The van der Waals surface area contributed by atoms with Crippen molar-refractivity contribution in [3.05, 3.63) is 47.8 Å². The Hall–Kier alpha value is -3.27. The first-order chi connectivity index (χ1) is 13.5. The summed E-state index contributed by atoms with van der Waals surface area (Å²) in [6.45, 7) is 1.13. The van der Waals surface area contributed by atoms with E-state index in [2.05, 4.69) is 20.5 Å². The molecule has 1 aromatic carbocycles. The zero-order chi connectivity index (χ0) is 19.7. The number of carbonyl (C=O) groups is 1. The van der Waals surface area contributed by atoms with E-state index in [0.29, 0.717) is 24.4 Å². The Bertz CT molecular complexity index is 1010. The third kappa shape index (κ3) is 3.33. The Labute approximate surface area is 158 Å². The highest BCUT2D eigenvalue weighted by atomic mass is 19.2. The van der Waals surface area contributed by atoms with E-state index in [4.69, 9.17) is 10.5 Å². The van der Waals surface area contributed by atoms with Gasteiger partial charge in [0.05, 0.1) is 11.8 Å². The predicted octanol–water partition coefficient (Wildman–Crippen LogP) is 2.03. The van der Waals surface area contributed by atoms with Crippen LogP contribution in [0.5, 0.6) is 0 Å². The molecule has 0 saturated carbocycles. The summed E-state index contributed by atoms with van der Waals surface area (Å²) >= 11 is 0. The fourth-order valence-corrected chi connectivity index (χ4v) is 3.15. The second-order valence-corrected chi connectivity index (χ2v) is 6.44. The number of ether oxygens (including phenoxy) is 1. The number of aromatic nitrogens is 4. The van der Waals surface area contributed by atoms with Gasteiger partial charge in [-0.15, -0.1) is 10.2 Å². The molecule has 1 amide bonds. The first kappa shape index (κ1) is 18.1. The fraction of sp³-hybridized carbons (Fsp3) is 0.278. The molecule has 0 spiro atoms. The maximum atomic E-state index is 14.2. The molecule has 1 aliphatic rings. The number of H-pyrrole nitrogens is 1. The van der Waals surface area contributed by atoms with Gasteiger partial charge in [0.25, 0.3) is 5.91 Å². The maximum absolute atomic E-state index is 14.2. The lowest BCUT2D eigenvalue weighted by Gasteiger charge is -2.10. The Morgan fingerprint density at radius 1 is 1.39 bits per heavy atom. The van der Waals surface area contributed by atoms with Crippen LogP contribution in [0, 0.1) is 11.6 Å². The Kier molecular flexibility index (Phi) is 4.78. The van der Waals surface area contributed by atoms with Gasteiger partial charge in [0.15, 0.2) is 17.5 Å². The van der Waals surface area contributed by atoms with Crippen molar-refractivity contribution in [2.45, 2.75) is 18.9 Å². The molecule has 3 heterocycles. The van der Waals surface area contributed by atoms with Crippen LogP contribution in [0.3, 0.4) is 0 Å². The van der Waals surface area contributed by atoms with E-state index in [1.54, 1.807) is 6.07 Å². The lowest BCUT2D eigenvalue weighted by Crippen LogP contribution is -2.31. The number of benzene rings is 1. The van der Waals surface area contributed by atoms with Gasteiger partial charge in [-0.2, -0.15) is 0 Å². The minimum absolute atomic E-state index is 0.0252. The Balaban J connectivity index is 1.59. The highest BCUT2D eigenvalue weighted by Gasteiger charge is 2.21. The van der Waals surface area contributed by atoms with Gasteiger partial charge < -0.3 is 20.8 Å². The predicted molar refractivity (Wildman–Crippen MR) is 96.8 cm³/mol. The molecule has 0 aliphatic carbocycles. The summed E-state index contributed by atoms with van der Waals surface area (Å²) in [5.41, 5.74) is 6.43. The van der Waals surface area contributed by atoms with Gasteiger partial charge in [-0.25, -0.2) is 8.78 Å². The Morgan fingerprint density at radius 3 is 3.04 bits per heavy atom. The van der Waals surface area contributed by atoms with Crippen LogP contribution in [0.25, 0.3) is 17.1 Å². The number of halogens is 2. The van der Waals surface area contributed by atoms with Gasteiger partial charge >= 0.3 is 0 Å². The summed E-state index contributed by atoms with van der Waals surface area (Å²) in [5.74, 6) is -2.32. The van der Waals surface area contributed by atoms with Crippen LogP contribution in [0.2, 0.25) is 0 Å². The lowest BCUT2D eigenvalue weighted by molar-refractivity contribution is 0.0854. The average molecular weight is 388 g/mol. The van der Waals surface area contributed by atoms with Crippen LogP contribution < -0.4 is 11.1 Å². The van der Waals surface area contributed by atoms with Crippen molar-refractivity contribution in [1.29, 1.82) is 0 Å². The molecule has 0 unspecified atom stereocenters. The lowest BCUT2D eigenvalue weighted by atomic mass is 10.2. The van der Waals surface area contributed by atoms with Crippen molar-refractivity contribution in [2.24, 2.45) is 0 Å². The quantitative estimate of drug-likeness (QED) is 0.619. The number of anilines is 1. The van der Waals surface area contributed by atoms with Crippen molar-refractivity contribution in [2.75, 3.05) is 18.9 Å². The van der Waals surface area contributed by atoms with Crippen LogP contribution in [-0.4, -0.2) is 44.9 Å². The molecule has 10 heteroatoms. The molecular formula is C18H18F2N6O2. The summed E-state index contributed by atoms with van der Waals surface area (Å²) in [4.78, 5) is 15.2. The topological polar surface area (TPSA) is 111 Å². The molecule has 1 saturated heterocycles. The Morgan fingerprint density at radius 2 is 2.25 bits per heavy atom. The maximum Gasteiger partial charge on any atom is 0.267 e. The van der Waals surface area contributed by atoms with Crippen molar-refractivity contribution >= 4 is 11.9 Å². The number of aromatic amines is 1. The van der Waals surface area contributed by atoms with Crippen LogP contribution in [0.4, 0.5) is 14.7 Å². The number of nitrogen functional groups attached to an aromatic ring is 1. The fourth-order valence-electron chi connectivity index (χ4n) is 3.15. The number of carbonyl (C=O) groups excluding carboxylic acids is 1. The molecule has 2 aromatic heterocycles. The van der Waals surface area contributed by atoms with Gasteiger partial charge in [0.2, 0.25) is 5.95 Å². The standard InChI is InChI=1S/C18H18F2N6O2/c19-12-4-1-5-14(15(12)20)26-16(24-25-18(26)21)10-7-13(22-8-10)17(27)23-9-11-3-2-6-28-11/h1,4-5,7-8,11,22H,2-3,6,9H2,(H2,21,25)(H,23,27)/t11-/m0/s1. The number of nitrogens with two attached hydrogens (primary N) is 1. The van der Waals surface area contributed by atoms with Crippen molar-refractivity contribution < 1.29 is 18.3 Å². The number of nitrogens with zero attached hydrogens (tertiary/aromatic N) is 3. The highest BCUT2D eigenvalue weighted by molar-refractivity contribution is 5.93. The second kappa shape index (κ2) is 7.39. The number of hydrogen-bond acceptors (Lipinski definition) is 5. The summed E-state index contributed by atoms with van der Waals surface area (Å²) < 4.78 is 34.5. The minimum Gasteiger partial charge on any atom is -0.376 e. The van der Waals surface area contributed by atoms with Crippen LogP contribution in [0.1, 0.15) is 23.3 Å². The molecule has 4 N–H and O–H groups in total. The molecule has 3 aromatic rings. The van der Waals surface area contributed by atoms with E-state index in [-0.39, 0.29) is 29.5 Å². The summed E-state index contributed by atoms with van der Waals surface area (Å²) in [6.07, 6.45) is 3.45. The zero-order valence-corrected chi connectivity index (χ0v) is 14.8. The molecule has 4 rings (SSSR count). The minimum atomic E-state index is -1.07.